The van der Waals surface area contributed by atoms with E-state index in [-0.39, 0.29) is 17.1 Å². The summed E-state index contributed by atoms with van der Waals surface area (Å²) in [5, 5.41) is 0. The Morgan fingerprint density at radius 2 is 2.00 bits per heavy atom. The SMILES string of the molecule is COc1cccc(C=O)c1OC(C)C(F)(F)F. The first-order valence-electron chi connectivity index (χ1n) is 4.75. The molecule has 0 saturated heterocycles. The van der Waals surface area contributed by atoms with Crippen LogP contribution in [0.3, 0.4) is 0 Å². The van der Waals surface area contributed by atoms with Gasteiger partial charge in [-0.05, 0) is 19.1 Å². The number of carbonyl (C=O) groups excluding carboxylic acids is 1. The number of ether oxygens (including phenoxy) is 2. The van der Waals surface area contributed by atoms with Crippen LogP contribution in [-0.2, 0) is 0 Å². The van der Waals surface area contributed by atoms with E-state index in [1.54, 1.807) is 0 Å². The van der Waals surface area contributed by atoms with Crippen LogP contribution in [0.2, 0.25) is 0 Å². The molecule has 0 amide bonds. The highest BCUT2D eigenvalue weighted by Crippen LogP contribution is 2.33. The molecule has 1 atom stereocenters. The average molecular weight is 248 g/mol. The molecule has 1 aromatic rings. The molecule has 0 radical (unpaired) electrons. The minimum absolute atomic E-state index is 0.0143. The first kappa shape index (κ1) is 13.3. The Bertz CT molecular complexity index is 401. The van der Waals surface area contributed by atoms with Crippen LogP contribution in [-0.4, -0.2) is 25.7 Å². The molecular weight excluding hydrogens is 237 g/mol. The maximum absolute atomic E-state index is 12.4. The van der Waals surface area contributed by atoms with Gasteiger partial charge in [0.05, 0.1) is 12.7 Å². The van der Waals surface area contributed by atoms with E-state index < -0.39 is 12.3 Å². The molecule has 0 heterocycles. The van der Waals surface area contributed by atoms with E-state index in [0.29, 0.717) is 6.29 Å². The van der Waals surface area contributed by atoms with E-state index in [0.717, 1.165) is 6.92 Å². The second kappa shape index (κ2) is 5.07. The van der Waals surface area contributed by atoms with Crippen LogP contribution in [0.5, 0.6) is 11.5 Å². The largest absolute Gasteiger partial charge is 0.493 e. The molecule has 0 saturated carbocycles. The van der Waals surface area contributed by atoms with Gasteiger partial charge in [-0.2, -0.15) is 13.2 Å². The first-order chi connectivity index (χ1) is 7.90. The van der Waals surface area contributed by atoms with Crippen molar-refractivity contribution in [2.75, 3.05) is 7.11 Å². The van der Waals surface area contributed by atoms with Gasteiger partial charge in [0.2, 0.25) is 0 Å². The second-order valence-electron chi connectivity index (χ2n) is 3.30. The summed E-state index contributed by atoms with van der Waals surface area (Å²) < 4.78 is 46.6. The van der Waals surface area contributed by atoms with Crippen molar-refractivity contribution in [1.29, 1.82) is 0 Å². The van der Waals surface area contributed by atoms with Crippen LogP contribution < -0.4 is 9.47 Å². The summed E-state index contributed by atoms with van der Waals surface area (Å²) in [5.41, 5.74) is 0.0143. The third kappa shape index (κ3) is 3.12. The molecule has 0 aliphatic rings. The number of hydrogen-bond donors (Lipinski definition) is 0. The Hall–Kier alpha value is -1.72. The van der Waals surface area contributed by atoms with Crippen molar-refractivity contribution in [3.05, 3.63) is 23.8 Å². The molecule has 17 heavy (non-hydrogen) atoms. The number of aldehydes is 1. The van der Waals surface area contributed by atoms with Crippen LogP contribution in [0.4, 0.5) is 13.2 Å². The fourth-order valence-corrected chi connectivity index (χ4v) is 1.16. The van der Waals surface area contributed by atoms with Gasteiger partial charge in [0.1, 0.15) is 0 Å². The van der Waals surface area contributed by atoms with E-state index >= 15 is 0 Å². The lowest BCUT2D eigenvalue weighted by Crippen LogP contribution is -2.31. The van der Waals surface area contributed by atoms with Gasteiger partial charge in [-0.3, -0.25) is 4.79 Å². The lowest BCUT2D eigenvalue weighted by Gasteiger charge is -2.20. The predicted octanol–water partition coefficient (Wildman–Crippen LogP) is 2.84. The fourth-order valence-electron chi connectivity index (χ4n) is 1.16. The topological polar surface area (TPSA) is 35.5 Å². The molecule has 94 valence electrons. The molecule has 1 unspecified atom stereocenters. The maximum atomic E-state index is 12.4. The Balaban J connectivity index is 3.07. The average Bonchev–Trinajstić information content (AvgIpc) is 2.28. The van der Waals surface area contributed by atoms with Gasteiger partial charge in [0, 0.05) is 0 Å². The summed E-state index contributed by atoms with van der Waals surface area (Å²) in [4.78, 5) is 10.7. The quantitative estimate of drug-likeness (QED) is 0.768. The molecule has 0 fully saturated rings. The van der Waals surface area contributed by atoms with Gasteiger partial charge in [-0.25, -0.2) is 0 Å². The minimum Gasteiger partial charge on any atom is -0.493 e. The van der Waals surface area contributed by atoms with E-state index in [1.807, 2.05) is 0 Å². The molecule has 0 aliphatic carbocycles. The summed E-state index contributed by atoms with van der Waals surface area (Å²) in [6.07, 6.45) is -6.10. The van der Waals surface area contributed by atoms with E-state index in [4.69, 9.17) is 9.47 Å². The number of halogens is 3. The molecular formula is C11H11F3O3. The molecule has 0 N–H and O–H groups in total. The van der Waals surface area contributed by atoms with Crippen molar-refractivity contribution in [1.82, 2.24) is 0 Å². The van der Waals surface area contributed by atoms with Crippen molar-refractivity contribution >= 4 is 6.29 Å². The Labute approximate surface area is 96.1 Å². The third-order valence-corrected chi connectivity index (χ3v) is 2.11. The zero-order valence-electron chi connectivity index (χ0n) is 9.25. The monoisotopic (exact) mass is 248 g/mol. The maximum Gasteiger partial charge on any atom is 0.425 e. The van der Waals surface area contributed by atoms with Crippen LogP contribution in [0.1, 0.15) is 17.3 Å². The molecule has 0 spiro atoms. The number of alkyl halides is 3. The van der Waals surface area contributed by atoms with Crippen LogP contribution >= 0.6 is 0 Å². The fraction of sp³-hybridized carbons (Fsp3) is 0.364. The van der Waals surface area contributed by atoms with Crippen molar-refractivity contribution < 1.29 is 27.4 Å². The molecule has 1 rings (SSSR count). The van der Waals surface area contributed by atoms with E-state index in [9.17, 15) is 18.0 Å². The lowest BCUT2D eigenvalue weighted by molar-refractivity contribution is -0.189. The second-order valence-corrected chi connectivity index (χ2v) is 3.30. The van der Waals surface area contributed by atoms with Crippen molar-refractivity contribution in [3.63, 3.8) is 0 Å². The normalized spacial score (nSPS) is 13.0. The smallest absolute Gasteiger partial charge is 0.425 e. The van der Waals surface area contributed by atoms with Gasteiger partial charge in [-0.1, -0.05) is 6.07 Å². The number of carbonyl (C=O) groups is 1. The highest BCUT2D eigenvalue weighted by atomic mass is 19.4. The first-order valence-corrected chi connectivity index (χ1v) is 4.75. The molecule has 6 heteroatoms. The molecule has 3 nitrogen and oxygen atoms in total. The number of benzene rings is 1. The summed E-state index contributed by atoms with van der Waals surface area (Å²) in [6.45, 7) is 0.862. The van der Waals surface area contributed by atoms with Crippen LogP contribution in [0.25, 0.3) is 0 Å². The highest BCUT2D eigenvalue weighted by molar-refractivity contribution is 5.81. The standard InChI is InChI=1S/C11H11F3O3/c1-7(11(12,13)14)17-10-8(6-15)4-3-5-9(10)16-2/h3-7H,1-2H3. The van der Waals surface area contributed by atoms with Gasteiger partial charge in [0.15, 0.2) is 23.9 Å². The van der Waals surface area contributed by atoms with Gasteiger partial charge in [-0.15, -0.1) is 0 Å². The predicted molar refractivity (Wildman–Crippen MR) is 54.5 cm³/mol. The number of rotatable bonds is 4. The number of methoxy groups -OCH3 is 1. The van der Waals surface area contributed by atoms with E-state index in [1.165, 1.54) is 25.3 Å². The third-order valence-electron chi connectivity index (χ3n) is 2.11. The minimum atomic E-state index is -4.50. The molecule has 0 bridgehead atoms. The summed E-state index contributed by atoms with van der Waals surface area (Å²) in [7, 11) is 1.29. The molecule has 0 aliphatic heterocycles. The van der Waals surface area contributed by atoms with Crippen molar-refractivity contribution in [2.24, 2.45) is 0 Å². The number of para-hydroxylation sites is 1. The van der Waals surface area contributed by atoms with E-state index in [2.05, 4.69) is 0 Å². The van der Waals surface area contributed by atoms with Crippen molar-refractivity contribution in [2.45, 2.75) is 19.2 Å². The van der Waals surface area contributed by atoms with Crippen molar-refractivity contribution in [3.8, 4) is 11.5 Å². The Morgan fingerprint density at radius 1 is 1.35 bits per heavy atom. The number of hydrogen-bond acceptors (Lipinski definition) is 3. The zero-order valence-corrected chi connectivity index (χ0v) is 9.25. The summed E-state index contributed by atoms with van der Waals surface area (Å²) >= 11 is 0. The summed E-state index contributed by atoms with van der Waals surface area (Å²) in [6, 6.07) is 4.27. The van der Waals surface area contributed by atoms with Crippen LogP contribution in [0, 0.1) is 0 Å². The Kier molecular flexibility index (Phi) is 3.98. The zero-order chi connectivity index (χ0) is 13.1. The van der Waals surface area contributed by atoms with Crippen LogP contribution in [0.15, 0.2) is 18.2 Å². The summed E-state index contributed by atoms with van der Waals surface area (Å²) in [5.74, 6) is -0.111. The van der Waals surface area contributed by atoms with Gasteiger partial charge >= 0.3 is 6.18 Å². The lowest BCUT2D eigenvalue weighted by atomic mass is 10.2. The molecule has 1 aromatic carbocycles. The highest BCUT2D eigenvalue weighted by Gasteiger charge is 2.38. The Morgan fingerprint density at radius 3 is 2.47 bits per heavy atom. The molecule has 0 aromatic heterocycles. The van der Waals surface area contributed by atoms with Gasteiger partial charge in [0.25, 0.3) is 0 Å². The van der Waals surface area contributed by atoms with Gasteiger partial charge < -0.3 is 9.47 Å².